The number of nitrogens with zero attached hydrogens (tertiary/aromatic N) is 1. The molecule has 1 heterocycles. The number of nitrogens with one attached hydrogen (secondary N) is 1. The summed E-state index contributed by atoms with van der Waals surface area (Å²) in [5.41, 5.74) is 0.155. The third-order valence-electron chi connectivity index (χ3n) is 2.32. The van der Waals surface area contributed by atoms with E-state index in [1.807, 2.05) is 0 Å². The minimum Gasteiger partial charge on any atom is -0.478 e. The maximum Gasteiger partial charge on any atom is 0.335 e. The van der Waals surface area contributed by atoms with Crippen molar-refractivity contribution < 1.29 is 18.3 Å². The van der Waals surface area contributed by atoms with Crippen LogP contribution in [0.25, 0.3) is 0 Å². The molecule has 106 valence electrons. The minimum atomic E-state index is -3.77. The van der Waals surface area contributed by atoms with E-state index in [9.17, 15) is 13.2 Å². The van der Waals surface area contributed by atoms with Gasteiger partial charge in [-0.25, -0.2) is 18.2 Å². The van der Waals surface area contributed by atoms with Crippen molar-refractivity contribution in [3.05, 3.63) is 39.4 Å². The van der Waals surface area contributed by atoms with Crippen molar-refractivity contribution in [3.8, 4) is 0 Å². The van der Waals surface area contributed by atoms with Gasteiger partial charge in [-0.05, 0) is 41.1 Å². The smallest absolute Gasteiger partial charge is 0.335 e. The third kappa shape index (κ3) is 3.17. The number of thiazole rings is 1. The van der Waals surface area contributed by atoms with Gasteiger partial charge < -0.3 is 5.11 Å². The zero-order valence-corrected chi connectivity index (χ0v) is 13.3. The molecule has 0 fully saturated rings. The Morgan fingerprint density at radius 3 is 2.70 bits per heavy atom. The summed E-state index contributed by atoms with van der Waals surface area (Å²) in [6, 6.07) is 4.10. The van der Waals surface area contributed by atoms with Gasteiger partial charge in [-0.2, -0.15) is 0 Å². The van der Waals surface area contributed by atoms with Crippen LogP contribution in [0.15, 0.2) is 33.1 Å². The van der Waals surface area contributed by atoms with Crippen LogP contribution in [0.4, 0.5) is 5.69 Å². The Kier molecular flexibility index (Phi) is 4.11. The number of aromatic nitrogens is 1. The molecule has 9 heteroatoms. The average molecular weight is 377 g/mol. The van der Waals surface area contributed by atoms with Crippen molar-refractivity contribution in [3.63, 3.8) is 0 Å². The number of sulfonamides is 1. The first-order valence-corrected chi connectivity index (χ1v) is 8.37. The van der Waals surface area contributed by atoms with Crippen molar-refractivity contribution in [2.24, 2.45) is 0 Å². The zero-order valence-electron chi connectivity index (χ0n) is 10.1. The molecule has 0 aliphatic rings. The van der Waals surface area contributed by atoms with E-state index in [4.69, 9.17) is 5.11 Å². The summed E-state index contributed by atoms with van der Waals surface area (Å²) < 4.78 is 27.1. The van der Waals surface area contributed by atoms with Gasteiger partial charge in [0, 0.05) is 4.47 Å². The molecule has 1 aromatic heterocycles. The van der Waals surface area contributed by atoms with E-state index in [-0.39, 0.29) is 15.5 Å². The number of aromatic carboxylic acids is 1. The first kappa shape index (κ1) is 14.9. The summed E-state index contributed by atoms with van der Waals surface area (Å²) >= 11 is 4.21. The molecule has 20 heavy (non-hydrogen) atoms. The quantitative estimate of drug-likeness (QED) is 0.854. The summed E-state index contributed by atoms with van der Waals surface area (Å²) in [7, 11) is -3.77. The van der Waals surface area contributed by atoms with Gasteiger partial charge in [0.1, 0.15) is 0 Å². The lowest BCUT2D eigenvalue weighted by molar-refractivity contribution is 0.0697. The summed E-state index contributed by atoms with van der Waals surface area (Å²) in [5, 5.41) is 9.55. The molecule has 0 radical (unpaired) electrons. The Morgan fingerprint density at radius 1 is 1.45 bits per heavy atom. The van der Waals surface area contributed by atoms with Crippen LogP contribution in [0.5, 0.6) is 0 Å². The Balaban J connectivity index is 2.39. The monoisotopic (exact) mass is 376 g/mol. The SMILES string of the molecule is Cc1ncc(S(=O)(=O)Nc2cc(C(=O)O)ccc2Br)s1. The van der Waals surface area contributed by atoms with E-state index in [1.165, 1.54) is 24.4 Å². The van der Waals surface area contributed by atoms with E-state index < -0.39 is 16.0 Å². The van der Waals surface area contributed by atoms with Crippen LogP contribution >= 0.6 is 27.3 Å². The highest BCUT2D eigenvalue weighted by atomic mass is 79.9. The normalized spacial score (nSPS) is 11.3. The van der Waals surface area contributed by atoms with Crippen LogP contribution in [0, 0.1) is 6.92 Å². The number of hydrogen-bond donors (Lipinski definition) is 2. The highest BCUT2D eigenvalue weighted by molar-refractivity contribution is 9.10. The largest absolute Gasteiger partial charge is 0.478 e. The molecule has 2 aromatic rings. The molecule has 6 nitrogen and oxygen atoms in total. The molecule has 0 saturated heterocycles. The highest BCUT2D eigenvalue weighted by Crippen LogP contribution is 2.27. The third-order valence-corrected chi connectivity index (χ3v) is 5.75. The number of halogens is 1. The van der Waals surface area contributed by atoms with Gasteiger partial charge in [-0.3, -0.25) is 4.72 Å². The second kappa shape index (κ2) is 5.51. The second-order valence-corrected chi connectivity index (χ2v) is 7.80. The van der Waals surface area contributed by atoms with Gasteiger partial charge in [0.2, 0.25) is 0 Å². The number of aryl methyl sites for hydroxylation is 1. The summed E-state index contributed by atoms with van der Waals surface area (Å²) in [6.45, 7) is 1.70. The molecule has 0 aliphatic heterocycles. The lowest BCUT2D eigenvalue weighted by Crippen LogP contribution is -2.12. The molecule has 0 saturated carbocycles. The molecule has 0 aliphatic carbocycles. The van der Waals surface area contributed by atoms with Gasteiger partial charge in [-0.15, -0.1) is 11.3 Å². The predicted molar refractivity (Wildman–Crippen MR) is 78.8 cm³/mol. The molecular weight excluding hydrogens is 368 g/mol. The first-order chi connectivity index (χ1) is 9.29. The minimum absolute atomic E-state index is 0.00798. The molecule has 0 bridgehead atoms. The molecule has 2 N–H and O–H groups in total. The molecule has 1 aromatic carbocycles. The number of hydrogen-bond acceptors (Lipinski definition) is 5. The van der Waals surface area contributed by atoms with Crippen molar-refractivity contribution >= 4 is 48.9 Å². The van der Waals surface area contributed by atoms with Gasteiger partial charge >= 0.3 is 5.97 Å². The number of rotatable bonds is 4. The van der Waals surface area contributed by atoms with Crippen LogP contribution in [-0.4, -0.2) is 24.5 Å². The van der Waals surface area contributed by atoms with E-state index in [0.717, 1.165) is 11.3 Å². The van der Waals surface area contributed by atoms with E-state index in [2.05, 4.69) is 25.6 Å². The zero-order chi connectivity index (χ0) is 14.9. The second-order valence-electron chi connectivity index (χ2n) is 3.80. The number of anilines is 1. The average Bonchev–Trinajstić information content (AvgIpc) is 2.79. The lowest BCUT2D eigenvalue weighted by atomic mass is 10.2. The van der Waals surface area contributed by atoms with E-state index in [1.54, 1.807) is 6.92 Å². The number of carboxylic acid groups (broad SMARTS) is 1. The topological polar surface area (TPSA) is 96.4 Å². The molecular formula is C11H9BrN2O4S2. The fraction of sp³-hybridized carbons (Fsp3) is 0.0909. The van der Waals surface area contributed by atoms with Gasteiger partial charge in [0.15, 0.2) is 4.21 Å². The summed E-state index contributed by atoms with van der Waals surface area (Å²) in [6.07, 6.45) is 1.26. The van der Waals surface area contributed by atoms with Crippen LogP contribution in [0.2, 0.25) is 0 Å². The fourth-order valence-electron chi connectivity index (χ4n) is 1.40. The Bertz CT molecular complexity index is 770. The van der Waals surface area contributed by atoms with E-state index >= 15 is 0 Å². The maximum atomic E-state index is 12.1. The summed E-state index contributed by atoms with van der Waals surface area (Å²) in [5.74, 6) is -1.13. The number of carboxylic acids is 1. The molecule has 0 amide bonds. The lowest BCUT2D eigenvalue weighted by Gasteiger charge is -2.08. The molecule has 0 atom stereocenters. The van der Waals surface area contributed by atoms with Crippen molar-refractivity contribution in [2.45, 2.75) is 11.1 Å². The van der Waals surface area contributed by atoms with Crippen LogP contribution in [0.3, 0.4) is 0 Å². The van der Waals surface area contributed by atoms with Crippen molar-refractivity contribution in [1.29, 1.82) is 0 Å². The van der Waals surface area contributed by atoms with Gasteiger partial charge in [0.05, 0.1) is 22.5 Å². The highest BCUT2D eigenvalue weighted by Gasteiger charge is 2.19. The standard InChI is InChI=1S/C11H9BrN2O4S2/c1-6-13-5-10(19-6)20(17,18)14-9-4-7(11(15)16)2-3-8(9)12/h2-5,14H,1H3,(H,15,16). The molecule has 2 rings (SSSR count). The Labute approximate surface area is 127 Å². The van der Waals surface area contributed by atoms with Crippen LogP contribution < -0.4 is 4.72 Å². The predicted octanol–water partition coefficient (Wildman–Crippen LogP) is 2.71. The first-order valence-electron chi connectivity index (χ1n) is 5.28. The Morgan fingerprint density at radius 2 is 2.15 bits per heavy atom. The summed E-state index contributed by atoms with van der Waals surface area (Å²) in [4.78, 5) is 14.8. The molecule has 0 unspecified atom stereocenters. The fourth-order valence-corrected chi connectivity index (χ4v) is 4.05. The maximum absolute atomic E-state index is 12.1. The molecule has 0 spiro atoms. The number of carbonyl (C=O) groups is 1. The van der Waals surface area contributed by atoms with Crippen molar-refractivity contribution in [2.75, 3.05) is 4.72 Å². The number of benzene rings is 1. The van der Waals surface area contributed by atoms with Crippen molar-refractivity contribution in [1.82, 2.24) is 4.98 Å². The van der Waals surface area contributed by atoms with E-state index in [0.29, 0.717) is 9.48 Å². The Hall–Kier alpha value is -1.45. The van der Waals surface area contributed by atoms with Crippen LogP contribution in [-0.2, 0) is 10.0 Å². The van der Waals surface area contributed by atoms with Gasteiger partial charge in [0.25, 0.3) is 10.0 Å². The van der Waals surface area contributed by atoms with Crippen LogP contribution in [0.1, 0.15) is 15.4 Å². The van der Waals surface area contributed by atoms with Gasteiger partial charge in [-0.1, -0.05) is 0 Å².